The Morgan fingerprint density at radius 1 is 1.69 bits per heavy atom. The van der Waals surface area contributed by atoms with Gasteiger partial charge < -0.3 is 4.74 Å². The smallest absolute Gasteiger partial charge is 0.309 e. The SMILES string of the molecule is COC(=O)CC=Cc1ncccc1[N+](=O)[O-]. The molecule has 0 spiro atoms. The number of rotatable bonds is 4. The van der Waals surface area contributed by atoms with Crippen LogP contribution in [0.1, 0.15) is 12.1 Å². The Morgan fingerprint density at radius 3 is 3.06 bits per heavy atom. The van der Waals surface area contributed by atoms with Crippen molar-refractivity contribution in [3.05, 3.63) is 40.2 Å². The fourth-order valence-electron chi connectivity index (χ4n) is 1.04. The highest BCUT2D eigenvalue weighted by Gasteiger charge is 2.10. The number of pyridine rings is 1. The molecular formula is C10H10N2O4. The summed E-state index contributed by atoms with van der Waals surface area (Å²) < 4.78 is 4.42. The number of aromatic nitrogens is 1. The van der Waals surface area contributed by atoms with Crippen molar-refractivity contribution in [3.8, 4) is 0 Å². The van der Waals surface area contributed by atoms with Gasteiger partial charge in [-0.05, 0) is 12.1 Å². The first-order valence-corrected chi connectivity index (χ1v) is 4.48. The molecule has 0 N–H and O–H groups in total. The fourth-order valence-corrected chi connectivity index (χ4v) is 1.04. The van der Waals surface area contributed by atoms with Crippen LogP contribution in [0.5, 0.6) is 0 Å². The molecule has 0 saturated heterocycles. The van der Waals surface area contributed by atoms with E-state index < -0.39 is 10.9 Å². The average molecular weight is 222 g/mol. The maximum absolute atomic E-state index is 10.8. The van der Waals surface area contributed by atoms with E-state index in [4.69, 9.17) is 0 Å². The minimum absolute atomic E-state index is 0.0598. The molecule has 0 saturated carbocycles. The summed E-state index contributed by atoms with van der Waals surface area (Å²) >= 11 is 0. The van der Waals surface area contributed by atoms with Gasteiger partial charge >= 0.3 is 5.97 Å². The monoisotopic (exact) mass is 222 g/mol. The van der Waals surface area contributed by atoms with E-state index in [0.29, 0.717) is 0 Å². The molecule has 0 aliphatic rings. The van der Waals surface area contributed by atoms with Gasteiger partial charge in [-0.1, -0.05) is 6.08 Å². The quantitative estimate of drug-likeness (QED) is 0.438. The molecule has 0 radical (unpaired) electrons. The van der Waals surface area contributed by atoms with Crippen molar-refractivity contribution in [1.29, 1.82) is 0 Å². The molecule has 0 aromatic carbocycles. The third-order valence-corrected chi connectivity index (χ3v) is 1.80. The molecule has 0 aliphatic carbocycles. The Bertz CT molecular complexity index is 429. The molecule has 1 aromatic rings. The zero-order valence-corrected chi connectivity index (χ0v) is 8.62. The molecule has 1 aromatic heterocycles. The van der Waals surface area contributed by atoms with Crippen molar-refractivity contribution in [1.82, 2.24) is 4.98 Å². The van der Waals surface area contributed by atoms with E-state index in [0.717, 1.165) is 0 Å². The molecule has 1 heterocycles. The molecule has 0 aliphatic heterocycles. The van der Waals surface area contributed by atoms with Gasteiger partial charge in [-0.3, -0.25) is 14.9 Å². The summed E-state index contributed by atoms with van der Waals surface area (Å²) in [5, 5.41) is 10.6. The number of hydrogen-bond acceptors (Lipinski definition) is 5. The summed E-state index contributed by atoms with van der Waals surface area (Å²) in [6, 6.07) is 2.83. The van der Waals surface area contributed by atoms with Crippen molar-refractivity contribution in [2.24, 2.45) is 0 Å². The lowest BCUT2D eigenvalue weighted by molar-refractivity contribution is -0.385. The third-order valence-electron chi connectivity index (χ3n) is 1.80. The summed E-state index contributed by atoms with van der Waals surface area (Å²) in [6.07, 6.45) is 4.41. The molecule has 0 fully saturated rings. The van der Waals surface area contributed by atoms with Gasteiger partial charge in [-0.15, -0.1) is 0 Å². The van der Waals surface area contributed by atoms with Gasteiger partial charge in [0.2, 0.25) is 0 Å². The number of ether oxygens (including phenoxy) is 1. The van der Waals surface area contributed by atoms with E-state index in [-0.39, 0.29) is 17.8 Å². The highest BCUT2D eigenvalue weighted by molar-refractivity contribution is 5.72. The van der Waals surface area contributed by atoms with Crippen LogP contribution < -0.4 is 0 Å². The highest BCUT2D eigenvalue weighted by atomic mass is 16.6. The standard InChI is InChI=1S/C10H10N2O4/c1-16-10(13)6-2-4-8-9(12(14)15)5-3-7-11-8/h2-5,7H,6H2,1H3. The molecular weight excluding hydrogens is 212 g/mol. The summed E-state index contributed by atoms with van der Waals surface area (Å²) in [5.41, 5.74) is 0.125. The largest absolute Gasteiger partial charge is 0.469 e. The predicted octanol–water partition coefficient (Wildman–Crippen LogP) is 1.57. The van der Waals surface area contributed by atoms with E-state index in [1.165, 1.54) is 37.6 Å². The highest BCUT2D eigenvalue weighted by Crippen LogP contribution is 2.16. The first-order chi connectivity index (χ1) is 7.65. The summed E-state index contributed by atoms with van der Waals surface area (Å²) in [4.78, 5) is 24.7. The predicted molar refractivity (Wildman–Crippen MR) is 56.6 cm³/mol. The van der Waals surface area contributed by atoms with Crippen LogP contribution in [-0.4, -0.2) is 23.0 Å². The van der Waals surface area contributed by atoms with Gasteiger partial charge in [0.15, 0.2) is 0 Å². The maximum atomic E-state index is 10.8. The number of hydrogen-bond donors (Lipinski definition) is 0. The Kier molecular flexibility index (Phi) is 4.14. The van der Waals surface area contributed by atoms with Crippen LogP contribution in [0.3, 0.4) is 0 Å². The van der Waals surface area contributed by atoms with Crippen LogP contribution >= 0.6 is 0 Å². The van der Waals surface area contributed by atoms with Crippen LogP contribution in [0, 0.1) is 10.1 Å². The summed E-state index contributed by atoms with van der Waals surface area (Å²) in [6.45, 7) is 0. The van der Waals surface area contributed by atoms with Crippen molar-refractivity contribution < 1.29 is 14.5 Å². The van der Waals surface area contributed by atoms with Gasteiger partial charge in [0.05, 0.1) is 18.5 Å². The number of methoxy groups -OCH3 is 1. The first-order valence-electron chi connectivity index (χ1n) is 4.48. The van der Waals surface area contributed by atoms with Gasteiger partial charge in [0.25, 0.3) is 5.69 Å². The van der Waals surface area contributed by atoms with E-state index in [1.54, 1.807) is 0 Å². The minimum atomic E-state index is -0.523. The van der Waals surface area contributed by atoms with Crippen LogP contribution in [0.25, 0.3) is 6.08 Å². The topological polar surface area (TPSA) is 82.3 Å². The lowest BCUT2D eigenvalue weighted by Gasteiger charge is -1.95. The van der Waals surface area contributed by atoms with Gasteiger partial charge in [-0.25, -0.2) is 4.98 Å². The van der Waals surface area contributed by atoms with Crippen molar-refractivity contribution in [2.75, 3.05) is 7.11 Å². The Labute approximate surface area is 91.7 Å². The molecule has 0 bridgehead atoms. The second-order valence-electron chi connectivity index (χ2n) is 2.85. The van der Waals surface area contributed by atoms with Crippen molar-refractivity contribution in [3.63, 3.8) is 0 Å². The molecule has 6 nitrogen and oxygen atoms in total. The zero-order valence-electron chi connectivity index (χ0n) is 8.62. The Morgan fingerprint density at radius 2 is 2.44 bits per heavy atom. The van der Waals surface area contributed by atoms with Gasteiger partial charge in [-0.2, -0.15) is 0 Å². The van der Waals surface area contributed by atoms with E-state index in [1.807, 2.05) is 0 Å². The molecule has 0 amide bonds. The van der Waals surface area contributed by atoms with Gasteiger partial charge in [0, 0.05) is 12.3 Å². The normalized spacial score (nSPS) is 10.3. The van der Waals surface area contributed by atoms with Crippen LogP contribution in [0.2, 0.25) is 0 Å². The van der Waals surface area contributed by atoms with E-state index >= 15 is 0 Å². The second-order valence-corrected chi connectivity index (χ2v) is 2.85. The average Bonchev–Trinajstić information content (AvgIpc) is 2.29. The van der Waals surface area contributed by atoms with Crippen molar-refractivity contribution in [2.45, 2.75) is 6.42 Å². The van der Waals surface area contributed by atoms with Crippen LogP contribution in [0.4, 0.5) is 5.69 Å². The fraction of sp³-hybridized carbons (Fsp3) is 0.200. The number of nitro groups is 1. The number of nitrogens with zero attached hydrogens (tertiary/aromatic N) is 2. The Balaban J connectivity index is 2.80. The first kappa shape index (κ1) is 11.8. The summed E-state index contributed by atoms with van der Waals surface area (Å²) in [7, 11) is 1.28. The lowest BCUT2D eigenvalue weighted by atomic mass is 10.2. The number of carbonyl (C=O) groups excluding carboxylic acids is 1. The van der Waals surface area contributed by atoms with Crippen LogP contribution in [0.15, 0.2) is 24.4 Å². The summed E-state index contributed by atoms with van der Waals surface area (Å²) in [5.74, 6) is -0.408. The molecule has 16 heavy (non-hydrogen) atoms. The zero-order chi connectivity index (χ0) is 12.0. The number of esters is 1. The lowest BCUT2D eigenvalue weighted by Crippen LogP contribution is -1.97. The molecule has 84 valence electrons. The molecule has 6 heteroatoms. The van der Waals surface area contributed by atoms with Crippen LogP contribution in [-0.2, 0) is 9.53 Å². The third kappa shape index (κ3) is 3.16. The van der Waals surface area contributed by atoms with Crippen molar-refractivity contribution >= 4 is 17.7 Å². The maximum Gasteiger partial charge on any atom is 0.309 e. The van der Waals surface area contributed by atoms with Gasteiger partial charge in [0.1, 0.15) is 5.69 Å². The molecule has 1 rings (SSSR count). The van der Waals surface area contributed by atoms with E-state index in [9.17, 15) is 14.9 Å². The molecule has 0 atom stereocenters. The number of carbonyl (C=O) groups is 1. The van der Waals surface area contributed by atoms with E-state index in [2.05, 4.69) is 9.72 Å². The Hall–Kier alpha value is -2.24. The minimum Gasteiger partial charge on any atom is -0.469 e. The molecule has 0 unspecified atom stereocenters. The second kappa shape index (κ2) is 5.59.